The monoisotopic (exact) mass is 576 g/mol. The Kier molecular flexibility index (Phi) is 7.06. The van der Waals surface area contributed by atoms with Gasteiger partial charge in [0, 0.05) is 42.4 Å². The summed E-state index contributed by atoms with van der Waals surface area (Å²) in [5.74, 6) is -0.786. The second-order valence-corrected chi connectivity index (χ2v) is 13.7. The lowest BCUT2D eigenvalue weighted by Crippen LogP contribution is -2.42. The van der Waals surface area contributed by atoms with Crippen LogP contribution in [-0.2, 0) is 14.6 Å². The summed E-state index contributed by atoms with van der Waals surface area (Å²) in [4.78, 5) is 19.8. The van der Waals surface area contributed by atoms with Gasteiger partial charge in [-0.1, -0.05) is 25.0 Å². The van der Waals surface area contributed by atoms with Gasteiger partial charge in [-0.3, -0.25) is 4.79 Å². The summed E-state index contributed by atoms with van der Waals surface area (Å²) < 4.78 is 40.2. The molecule has 2 aromatic heterocycles. The SMILES string of the molecule is Cc1c(-c2ccc(N3CCS(=O)(=O)CC3)cc2)c(C2CCCCC2C(=O)NC2(C#N)CC2)nn1-c1ncccc1F. The predicted octanol–water partition coefficient (Wildman–Crippen LogP) is 4.06. The van der Waals surface area contributed by atoms with Gasteiger partial charge in [0.05, 0.1) is 29.0 Å². The molecular formula is C30H33FN6O3S. The average Bonchev–Trinajstić information content (AvgIpc) is 3.67. The first-order chi connectivity index (χ1) is 19.7. The molecule has 2 atom stereocenters. The number of carbonyl (C=O) groups is 1. The molecule has 3 aliphatic rings. The first-order valence-corrected chi connectivity index (χ1v) is 16.0. The molecule has 214 valence electrons. The van der Waals surface area contributed by atoms with Gasteiger partial charge in [0.1, 0.15) is 5.54 Å². The smallest absolute Gasteiger partial charge is 0.225 e. The van der Waals surface area contributed by atoms with Crippen LogP contribution >= 0.6 is 0 Å². The van der Waals surface area contributed by atoms with Gasteiger partial charge in [-0.25, -0.2) is 22.5 Å². The van der Waals surface area contributed by atoms with E-state index in [2.05, 4.69) is 21.3 Å². The Morgan fingerprint density at radius 2 is 1.83 bits per heavy atom. The standard InChI is InChI=1S/C30H33FN6O3S/c1-20-26(21-8-10-22(11-9-21)36-15-17-41(39,40)18-16-36)27(35-37(20)28-25(31)7-4-14-33-28)23-5-2-3-6-24(23)29(38)34-30(19-32)12-13-30/h4,7-11,14,23-24H,2-3,5-6,12-13,15-18H2,1H3,(H,34,38). The molecule has 2 saturated carbocycles. The lowest BCUT2D eigenvalue weighted by atomic mass is 9.75. The molecule has 3 fully saturated rings. The third-order valence-corrected chi connectivity index (χ3v) is 10.3. The molecule has 11 heteroatoms. The van der Waals surface area contributed by atoms with Crippen LogP contribution in [0.3, 0.4) is 0 Å². The molecule has 1 aliphatic heterocycles. The van der Waals surface area contributed by atoms with E-state index in [1.54, 1.807) is 0 Å². The third kappa shape index (κ3) is 5.33. The van der Waals surface area contributed by atoms with Crippen LogP contribution in [0.5, 0.6) is 0 Å². The van der Waals surface area contributed by atoms with Crippen molar-refractivity contribution in [1.82, 2.24) is 20.1 Å². The molecular weight excluding hydrogens is 543 g/mol. The number of aromatic nitrogens is 3. The molecule has 0 radical (unpaired) electrons. The number of anilines is 1. The second-order valence-electron chi connectivity index (χ2n) is 11.4. The number of hydrogen-bond acceptors (Lipinski definition) is 7. The second kappa shape index (κ2) is 10.6. The highest BCUT2D eigenvalue weighted by atomic mass is 32.2. The van der Waals surface area contributed by atoms with Crippen molar-refractivity contribution in [3.8, 4) is 23.0 Å². The maximum Gasteiger partial charge on any atom is 0.225 e. The first kappa shape index (κ1) is 27.4. The Labute approximate surface area is 239 Å². The highest BCUT2D eigenvalue weighted by Gasteiger charge is 2.47. The Balaban J connectivity index is 1.40. The molecule has 3 heterocycles. The minimum absolute atomic E-state index is 0.0990. The zero-order valence-electron chi connectivity index (χ0n) is 23.0. The van der Waals surface area contributed by atoms with Gasteiger partial charge in [-0.05, 0) is 62.4 Å². The number of nitriles is 1. The van der Waals surface area contributed by atoms with Crippen molar-refractivity contribution in [2.75, 3.05) is 29.5 Å². The fourth-order valence-electron chi connectivity index (χ4n) is 6.18. The largest absolute Gasteiger partial charge is 0.369 e. The minimum Gasteiger partial charge on any atom is -0.369 e. The molecule has 1 amide bonds. The molecule has 2 aliphatic carbocycles. The summed E-state index contributed by atoms with van der Waals surface area (Å²) >= 11 is 0. The fourth-order valence-corrected chi connectivity index (χ4v) is 7.38. The van der Waals surface area contributed by atoms with E-state index in [9.17, 15) is 22.9 Å². The van der Waals surface area contributed by atoms with Crippen LogP contribution < -0.4 is 10.2 Å². The van der Waals surface area contributed by atoms with Crippen LogP contribution in [0.25, 0.3) is 16.9 Å². The Hall–Kier alpha value is -3.78. The van der Waals surface area contributed by atoms with E-state index < -0.39 is 21.2 Å². The summed E-state index contributed by atoms with van der Waals surface area (Å²) in [6.07, 6.45) is 6.17. The summed E-state index contributed by atoms with van der Waals surface area (Å²) in [5, 5.41) is 17.5. The minimum atomic E-state index is -2.99. The first-order valence-electron chi connectivity index (χ1n) is 14.2. The van der Waals surface area contributed by atoms with Gasteiger partial charge in [0.2, 0.25) is 5.91 Å². The van der Waals surface area contributed by atoms with Crippen LogP contribution in [0.4, 0.5) is 10.1 Å². The van der Waals surface area contributed by atoms with E-state index in [0.717, 1.165) is 47.5 Å². The number of rotatable bonds is 6. The highest BCUT2D eigenvalue weighted by molar-refractivity contribution is 7.91. The molecule has 6 rings (SSSR count). The van der Waals surface area contributed by atoms with E-state index >= 15 is 0 Å². The molecule has 0 spiro atoms. The van der Waals surface area contributed by atoms with Gasteiger partial charge >= 0.3 is 0 Å². The number of halogens is 1. The van der Waals surface area contributed by atoms with E-state index in [-0.39, 0.29) is 35.1 Å². The van der Waals surface area contributed by atoms with Gasteiger partial charge in [0.15, 0.2) is 21.5 Å². The number of amides is 1. The number of carbonyl (C=O) groups excluding carboxylic acids is 1. The van der Waals surface area contributed by atoms with Crippen LogP contribution in [0.15, 0.2) is 42.6 Å². The lowest BCUT2D eigenvalue weighted by Gasteiger charge is -2.31. The maximum atomic E-state index is 14.9. The van der Waals surface area contributed by atoms with Crippen molar-refractivity contribution >= 4 is 21.4 Å². The van der Waals surface area contributed by atoms with Crippen LogP contribution in [0, 0.1) is 30.0 Å². The van der Waals surface area contributed by atoms with Crippen molar-refractivity contribution in [1.29, 1.82) is 5.26 Å². The molecule has 41 heavy (non-hydrogen) atoms. The normalized spacial score (nSPS) is 23.0. The Bertz CT molecular complexity index is 1610. The van der Waals surface area contributed by atoms with Crippen LogP contribution in [-0.4, -0.2) is 59.2 Å². The zero-order valence-corrected chi connectivity index (χ0v) is 23.8. The van der Waals surface area contributed by atoms with Gasteiger partial charge in [0.25, 0.3) is 0 Å². The van der Waals surface area contributed by atoms with Crippen molar-refractivity contribution in [3.63, 3.8) is 0 Å². The molecule has 9 nitrogen and oxygen atoms in total. The van der Waals surface area contributed by atoms with Crippen molar-refractivity contribution < 1.29 is 17.6 Å². The van der Waals surface area contributed by atoms with E-state index in [1.807, 2.05) is 31.2 Å². The van der Waals surface area contributed by atoms with E-state index in [1.165, 1.54) is 23.0 Å². The summed E-state index contributed by atoms with van der Waals surface area (Å²) in [6, 6.07) is 13.1. The molecule has 2 unspecified atom stereocenters. The zero-order chi connectivity index (χ0) is 28.8. The topological polar surface area (TPSA) is 121 Å². The van der Waals surface area contributed by atoms with Crippen LogP contribution in [0.2, 0.25) is 0 Å². The Morgan fingerprint density at radius 3 is 2.49 bits per heavy atom. The van der Waals surface area contributed by atoms with Crippen molar-refractivity contribution in [2.24, 2.45) is 5.92 Å². The summed E-state index contributed by atoms with van der Waals surface area (Å²) in [6.45, 7) is 2.79. The fraction of sp³-hybridized carbons (Fsp3) is 0.467. The summed E-state index contributed by atoms with van der Waals surface area (Å²) in [5.41, 5.74) is 3.36. The quantitative estimate of drug-likeness (QED) is 0.470. The molecule has 0 bridgehead atoms. The van der Waals surface area contributed by atoms with Gasteiger partial charge in [-0.15, -0.1) is 0 Å². The van der Waals surface area contributed by atoms with Crippen LogP contribution in [0.1, 0.15) is 55.8 Å². The number of hydrogen-bond donors (Lipinski definition) is 1. The number of sulfone groups is 1. The van der Waals surface area contributed by atoms with Gasteiger partial charge < -0.3 is 10.2 Å². The Morgan fingerprint density at radius 1 is 1.12 bits per heavy atom. The number of benzene rings is 1. The van der Waals surface area contributed by atoms with Crippen molar-refractivity contribution in [3.05, 3.63) is 59.8 Å². The molecule has 3 aromatic rings. The van der Waals surface area contributed by atoms with Gasteiger partial charge in [-0.2, -0.15) is 10.4 Å². The number of pyridine rings is 1. The third-order valence-electron chi connectivity index (χ3n) is 8.73. The lowest BCUT2D eigenvalue weighted by molar-refractivity contribution is -0.127. The van der Waals surface area contributed by atoms with E-state index in [4.69, 9.17) is 5.10 Å². The molecule has 1 N–H and O–H groups in total. The maximum absolute atomic E-state index is 14.9. The predicted molar refractivity (Wildman–Crippen MR) is 153 cm³/mol. The summed E-state index contributed by atoms with van der Waals surface area (Å²) in [7, 11) is -2.99. The number of nitrogens with one attached hydrogen (secondary N) is 1. The molecule has 1 aromatic carbocycles. The highest BCUT2D eigenvalue weighted by Crippen LogP contribution is 2.44. The molecule has 1 saturated heterocycles. The average molecular weight is 577 g/mol. The van der Waals surface area contributed by atoms with Crippen molar-refractivity contribution in [2.45, 2.75) is 56.9 Å². The number of nitrogens with zero attached hydrogens (tertiary/aromatic N) is 5. The van der Waals surface area contributed by atoms with E-state index in [0.29, 0.717) is 32.4 Å².